The Morgan fingerprint density at radius 2 is 1.81 bits per heavy atom. The summed E-state index contributed by atoms with van der Waals surface area (Å²) in [5, 5.41) is 7.30. The van der Waals surface area contributed by atoms with Gasteiger partial charge in [0.05, 0.1) is 29.6 Å². The van der Waals surface area contributed by atoms with E-state index in [-0.39, 0.29) is 11.3 Å². The predicted molar refractivity (Wildman–Crippen MR) is 117 cm³/mol. The van der Waals surface area contributed by atoms with Crippen LogP contribution in [0.15, 0.2) is 67.0 Å². The summed E-state index contributed by atoms with van der Waals surface area (Å²) >= 11 is 0. The monoisotopic (exact) mass is 439 g/mol. The van der Waals surface area contributed by atoms with E-state index in [1.807, 2.05) is 30.3 Å². The largest absolute Gasteiger partial charge is 0.418 e. The number of pyridine rings is 1. The maximum atomic E-state index is 13.5. The molecule has 0 saturated heterocycles. The highest BCUT2D eigenvalue weighted by molar-refractivity contribution is 6.06. The average Bonchev–Trinajstić information content (AvgIpc) is 3.15. The van der Waals surface area contributed by atoms with Gasteiger partial charge in [0.2, 0.25) is 0 Å². The van der Waals surface area contributed by atoms with Crippen LogP contribution >= 0.6 is 0 Å². The molecule has 0 spiro atoms. The molecule has 0 fully saturated rings. The molecular weight excluding hydrogens is 419 g/mol. The van der Waals surface area contributed by atoms with Crippen LogP contribution in [0.25, 0.3) is 11.0 Å². The number of nitrogens with zero attached hydrogens (tertiary/aromatic N) is 4. The van der Waals surface area contributed by atoms with Crippen LogP contribution in [0, 0.1) is 0 Å². The molecule has 4 aromatic rings. The number of benzene rings is 2. The lowest BCUT2D eigenvalue weighted by Gasteiger charge is -2.18. The van der Waals surface area contributed by atoms with Gasteiger partial charge in [0.1, 0.15) is 0 Å². The van der Waals surface area contributed by atoms with Crippen molar-refractivity contribution < 1.29 is 18.0 Å². The quantitative estimate of drug-likeness (QED) is 0.485. The number of alkyl halides is 3. The normalized spacial score (nSPS) is 11.5. The molecule has 0 saturated carbocycles. The number of nitrogens with one attached hydrogen (secondary N) is 1. The minimum Gasteiger partial charge on any atom is -0.378 e. The Labute approximate surface area is 182 Å². The summed E-state index contributed by atoms with van der Waals surface area (Å²) in [4.78, 5) is 18.6. The van der Waals surface area contributed by atoms with Gasteiger partial charge in [-0.1, -0.05) is 30.3 Å². The molecule has 32 heavy (non-hydrogen) atoms. The zero-order valence-electron chi connectivity index (χ0n) is 17.4. The zero-order chi connectivity index (χ0) is 22.9. The van der Waals surface area contributed by atoms with Crippen molar-refractivity contribution in [3.05, 3.63) is 83.7 Å². The van der Waals surface area contributed by atoms with E-state index in [0.29, 0.717) is 23.3 Å². The molecule has 9 heteroatoms. The molecule has 0 unspecified atom stereocenters. The summed E-state index contributed by atoms with van der Waals surface area (Å²) < 4.78 is 42.3. The smallest absolute Gasteiger partial charge is 0.378 e. The molecule has 0 aliphatic rings. The topological polar surface area (TPSA) is 63.1 Å². The number of amides is 1. The van der Waals surface area contributed by atoms with Gasteiger partial charge >= 0.3 is 6.18 Å². The molecule has 0 aliphatic carbocycles. The second-order valence-corrected chi connectivity index (χ2v) is 7.50. The predicted octanol–water partition coefficient (Wildman–Crippen LogP) is 4.82. The third kappa shape index (κ3) is 4.41. The number of hydrogen-bond acceptors (Lipinski definition) is 4. The van der Waals surface area contributed by atoms with Crippen LogP contribution in [0.1, 0.15) is 21.5 Å². The molecule has 1 N–H and O–H groups in total. The third-order valence-electron chi connectivity index (χ3n) is 4.99. The fourth-order valence-electron chi connectivity index (χ4n) is 3.32. The van der Waals surface area contributed by atoms with Gasteiger partial charge in [0.15, 0.2) is 5.65 Å². The van der Waals surface area contributed by atoms with Crippen LogP contribution in [0.2, 0.25) is 0 Å². The van der Waals surface area contributed by atoms with E-state index in [4.69, 9.17) is 0 Å². The number of halogens is 3. The first-order valence-electron chi connectivity index (χ1n) is 9.78. The van der Waals surface area contributed by atoms with E-state index >= 15 is 0 Å². The van der Waals surface area contributed by atoms with Crippen LogP contribution < -0.4 is 10.2 Å². The van der Waals surface area contributed by atoms with Gasteiger partial charge < -0.3 is 10.2 Å². The van der Waals surface area contributed by atoms with Crippen molar-refractivity contribution in [2.45, 2.75) is 12.7 Å². The minimum absolute atomic E-state index is 0.140. The SMILES string of the molecule is CN(C)c1ccc(NC(=O)c2cnc3c(cnn3Cc3ccccc3)c2)c(C(F)(F)F)c1. The molecule has 1 amide bonds. The average molecular weight is 439 g/mol. The molecule has 0 atom stereocenters. The Kier molecular flexibility index (Phi) is 5.56. The van der Waals surface area contributed by atoms with Gasteiger partial charge in [-0.3, -0.25) is 4.79 Å². The first-order valence-corrected chi connectivity index (χ1v) is 9.78. The summed E-state index contributed by atoms with van der Waals surface area (Å²) in [6.45, 7) is 0.510. The van der Waals surface area contributed by atoms with Crippen molar-refractivity contribution in [3.8, 4) is 0 Å². The van der Waals surface area contributed by atoms with Crippen molar-refractivity contribution >= 4 is 28.3 Å². The fraction of sp³-hybridized carbons (Fsp3) is 0.174. The third-order valence-corrected chi connectivity index (χ3v) is 4.99. The molecule has 2 heterocycles. The van der Waals surface area contributed by atoms with Gasteiger partial charge in [-0.25, -0.2) is 9.67 Å². The van der Waals surface area contributed by atoms with Crippen molar-refractivity contribution in [3.63, 3.8) is 0 Å². The van der Waals surface area contributed by atoms with E-state index in [1.54, 1.807) is 35.9 Å². The van der Waals surface area contributed by atoms with Crippen molar-refractivity contribution in [2.75, 3.05) is 24.3 Å². The summed E-state index contributed by atoms with van der Waals surface area (Å²) in [7, 11) is 3.29. The number of rotatable bonds is 5. The molecule has 2 aromatic heterocycles. The Morgan fingerprint density at radius 3 is 2.50 bits per heavy atom. The summed E-state index contributed by atoms with van der Waals surface area (Å²) in [6.07, 6.45) is -1.70. The Balaban J connectivity index is 1.60. The first kappa shape index (κ1) is 21.4. The lowest BCUT2D eigenvalue weighted by Crippen LogP contribution is -2.18. The molecule has 4 rings (SSSR count). The molecule has 0 bridgehead atoms. The van der Waals surface area contributed by atoms with Crippen LogP contribution in [-0.2, 0) is 12.7 Å². The summed E-state index contributed by atoms with van der Waals surface area (Å²) in [5.74, 6) is -0.682. The highest BCUT2D eigenvalue weighted by Crippen LogP contribution is 2.37. The maximum Gasteiger partial charge on any atom is 0.418 e. The van der Waals surface area contributed by atoms with Gasteiger partial charge in [0.25, 0.3) is 5.91 Å². The van der Waals surface area contributed by atoms with Crippen LogP contribution in [0.5, 0.6) is 0 Å². The second-order valence-electron chi connectivity index (χ2n) is 7.50. The number of hydrogen-bond donors (Lipinski definition) is 1. The van der Waals surface area contributed by atoms with Gasteiger partial charge in [-0.05, 0) is 29.8 Å². The van der Waals surface area contributed by atoms with E-state index in [2.05, 4.69) is 15.4 Å². The fourth-order valence-corrected chi connectivity index (χ4v) is 3.32. The standard InChI is InChI=1S/C23H20F3N5O/c1-30(2)18-8-9-20(19(11-18)23(24,25)26)29-22(32)17-10-16-13-28-31(21(16)27-12-17)14-15-6-4-3-5-7-15/h3-13H,14H2,1-2H3,(H,29,32). The Morgan fingerprint density at radius 1 is 1.06 bits per heavy atom. The molecule has 164 valence electrons. The maximum absolute atomic E-state index is 13.5. The van der Waals surface area contributed by atoms with Gasteiger partial charge in [0, 0.05) is 31.4 Å². The van der Waals surface area contributed by atoms with Crippen molar-refractivity contribution in [2.24, 2.45) is 0 Å². The summed E-state index contributed by atoms with van der Waals surface area (Å²) in [6, 6.07) is 15.0. The number of carbonyl (C=O) groups is 1. The molecule has 6 nitrogen and oxygen atoms in total. The zero-order valence-corrected chi connectivity index (χ0v) is 17.4. The van der Waals surface area contributed by atoms with E-state index < -0.39 is 17.6 Å². The van der Waals surface area contributed by atoms with Crippen molar-refractivity contribution in [1.29, 1.82) is 0 Å². The highest BCUT2D eigenvalue weighted by Gasteiger charge is 2.34. The lowest BCUT2D eigenvalue weighted by atomic mass is 10.1. The number of fused-ring (bicyclic) bond motifs is 1. The van der Waals surface area contributed by atoms with E-state index in [0.717, 1.165) is 11.6 Å². The van der Waals surface area contributed by atoms with Crippen LogP contribution in [-0.4, -0.2) is 34.8 Å². The molecule has 0 aliphatic heterocycles. The van der Waals surface area contributed by atoms with E-state index in [9.17, 15) is 18.0 Å². The minimum atomic E-state index is -4.62. The second kappa shape index (κ2) is 8.33. The van der Waals surface area contributed by atoms with Gasteiger partial charge in [-0.2, -0.15) is 18.3 Å². The summed E-state index contributed by atoms with van der Waals surface area (Å²) in [5.41, 5.74) is 0.916. The Hall–Kier alpha value is -3.88. The van der Waals surface area contributed by atoms with Crippen LogP contribution in [0.4, 0.5) is 24.5 Å². The van der Waals surface area contributed by atoms with Crippen LogP contribution in [0.3, 0.4) is 0 Å². The highest BCUT2D eigenvalue weighted by atomic mass is 19.4. The molecule has 2 aromatic carbocycles. The number of carbonyl (C=O) groups excluding carboxylic acids is 1. The van der Waals surface area contributed by atoms with E-state index in [1.165, 1.54) is 18.3 Å². The van der Waals surface area contributed by atoms with Crippen molar-refractivity contribution in [1.82, 2.24) is 14.8 Å². The first-order chi connectivity index (χ1) is 15.2. The van der Waals surface area contributed by atoms with Gasteiger partial charge in [-0.15, -0.1) is 0 Å². The lowest BCUT2D eigenvalue weighted by molar-refractivity contribution is -0.136. The number of aromatic nitrogens is 3. The number of anilines is 2. The molecular formula is C23H20F3N5O. The molecule has 0 radical (unpaired) electrons. The Bertz CT molecular complexity index is 1270.